The number of hydrogen-bond donors (Lipinski definition) is 0. The molecule has 0 heterocycles. The summed E-state index contributed by atoms with van der Waals surface area (Å²) in [6.07, 6.45) is 5.28. The molecule has 1 fully saturated rings. The topological polar surface area (TPSA) is 18.5 Å². The van der Waals surface area contributed by atoms with E-state index in [1.165, 1.54) is 39.2 Å². The molecule has 2 nitrogen and oxygen atoms in total. The number of hydrogen-bond acceptors (Lipinski definition) is 2. The standard InChI is InChI=1S/C17H23F3O2/c1-11(12-6-4-3-5-7-12)10-22-17(21-2)13-8-14(18)16(20)15(19)9-13/h8-9,11-12,17H,3-7,10H2,1-2H3. The molecule has 0 saturated heterocycles. The first kappa shape index (κ1) is 17.3. The Balaban J connectivity index is 1.97. The van der Waals surface area contributed by atoms with E-state index in [-0.39, 0.29) is 5.56 Å². The Morgan fingerprint density at radius 1 is 1.09 bits per heavy atom. The maximum atomic E-state index is 13.3. The second-order valence-corrected chi connectivity index (χ2v) is 6.07. The van der Waals surface area contributed by atoms with Crippen LogP contribution in [0, 0.1) is 29.3 Å². The minimum absolute atomic E-state index is 0.148. The Labute approximate surface area is 129 Å². The Kier molecular flexibility index (Phi) is 6.26. The van der Waals surface area contributed by atoms with Gasteiger partial charge in [-0.05, 0) is 24.0 Å². The largest absolute Gasteiger partial charge is 0.352 e. The Bertz CT molecular complexity index is 464. The van der Waals surface area contributed by atoms with E-state index in [2.05, 4.69) is 6.92 Å². The summed E-state index contributed by atoms with van der Waals surface area (Å²) >= 11 is 0. The van der Waals surface area contributed by atoms with E-state index in [1.807, 2.05) is 0 Å². The summed E-state index contributed by atoms with van der Waals surface area (Å²) in [7, 11) is 1.40. The van der Waals surface area contributed by atoms with Gasteiger partial charge in [-0.25, -0.2) is 13.2 Å². The van der Waals surface area contributed by atoms with E-state index >= 15 is 0 Å². The summed E-state index contributed by atoms with van der Waals surface area (Å²) in [5.74, 6) is -2.97. The van der Waals surface area contributed by atoms with Crippen LogP contribution in [0.25, 0.3) is 0 Å². The number of rotatable bonds is 6. The van der Waals surface area contributed by atoms with Gasteiger partial charge in [0.25, 0.3) is 0 Å². The van der Waals surface area contributed by atoms with Gasteiger partial charge in [-0.15, -0.1) is 0 Å². The van der Waals surface area contributed by atoms with Crippen molar-refractivity contribution in [3.05, 3.63) is 35.1 Å². The van der Waals surface area contributed by atoms with Crippen molar-refractivity contribution < 1.29 is 22.6 Å². The zero-order valence-corrected chi connectivity index (χ0v) is 13.1. The average Bonchev–Trinajstić information content (AvgIpc) is 2.53. The summed E-state index contributed by atoms with van der Waals surface area (Å²) in [6.45, 7) is 2.57. The highest BCUT2D eigenvalue weighted by molar-refractivity contribution is 5.20. The van der Waals surface area contributed by atoms with Crippen molar-refractivity contribution in [2.45, 2.75) is 45.3 Å². The van der Waals surface area contributed by atoms with Gasteiger partial charge >= 0.3 is 0 Å². The zero-order chi connectivity index (χ0) is 16.1. The van der Waals surface area contributed by atoms with Crippen molar-refractivity contribution in [2.24, 2.45) is 11.8 Å². The molecule has 0 bridgehead atoms. The maximum Gasteiger partial charge on any atom is 0.194 e. The maximum absolute atomic E-state index is 13.3. The fraction of sp³-hybridized carbons (Fsp3) is 0.647. The van der Waals surface area contributed by atoms with E-state index in [4.69, 9.17) is 9.47 Å². The second-order valence-electron chi connectivity index (χ2n) is 6.07. The average molecular weight is 316 g/mol. The van der Waals surface area contributed by atoms with Crippen LogP contribution >= 0.6 is 0 Å². The third-order valence-corrected chi connectivity index (χ3v) is 4.46. The highest BCUT2D eigenvalue weighted by Crippen LogP contribution is 2.31. The zero-order valence-electron chi connectivity index (χ0n) is 13.1. The number of methoxy groups -OCH3 is 1. The van der Waals surface area contributed by atoms with Gasteiger partial charge in [0.05, 0.1) is 6.61 Å². The monoisotopic (exact) mass is 316 g/mol. The molecule has 124 valence electrons. The normalized spacial score (nSPS) is 19.1. The van der Waals surface area contributed by atoms with E-state index in [9.17, 15) is 13.2 Å². The molecule has 1 aliphatic carbocycles. The van der Waals surface area contributed by atoms with Crippen molar-refractivity contribution in [3.63, 3.8) is 0 Å². The molecule has 0 radical (unpaired) electrons. The number of halogens is 3. The third kappa shape index (κ3) is 4.23. The smallest absolute Gasteiger partial charge is 0.194 e. The molecule has 1 aromatic carbocycles. The van der Waals surface area contributed by atoms with E-state index in [0.29, 0.717) is 18.4 Å². The SMILES string of the molecule is COC(OCC(C)C1CCCCC1)c1cc(F)c(F)c(F)c1. The first-order valence-corrected chi connectivity index (χ1v) is 7.81. The van der Waals surface area contributed by atoms with Crippen molar-refractivity contribution >= 4 is 0 Å². The fourth-order valence-electron chi connectivity index (χ4n) is 3.09. The van der Waals surface area contributed by atoms with Gasteiger partial charge in [0.2, 0.25) is 0 Å². The summed E-state index contributed by atoms with van der Waals surface area (Å²) in [5, 5.41) is 0. The summed E-state index contributed by atoms with van der Waals surface area (Å²) in [5.41, 5.74) is 0.148. The van der Waals surface area contributed by atoms with Gasteiger partial charge in [0.1, 0.15) is 0 Å². The van der Waals surface area contributed by atoms with Crippen molar-refractivity contribution in [2.75, 3.05) is 13.7 Å². The molecule has 1 saturated carbocycles. The first-order chi connectivity index (χ1) is 10.5. The molecule has 0 amide bonds. The highest BCUT2D eigenvalue weighted by atomic mass is 19.2. The second kappa shape index (κ2) is 7.97. The molecule has 22 heavy (non-hydrogen) atoms. The van der Waals surface area contributed by atoms with Crippen molar-refractivity contribution in [1.82, 2.24) is 0 Å². The molecule has 1 aromatic rings. The molecule has 0 aromatic heterocycles. The van der Waals surface area contributed by atoms with Crippen LogP contribution in [-0.4, -0.2) is 13.7 Å². The molecule has 2 unspecified atom stereocenters. The van der Waals surface area contributed by atoms with Crippen LogP contribution < -0.4 is 0 Å². The lowest BCUT2D eigenvalue weighted by atomic mass is 9.81. The number of ether oxygens (including phenoxy) is 2. The predicted octanol–water partition coefficient (Wildman–Crippen LogP) is 4.98. The van der Waals surface area contributed by atoms with E-state index in [1.54, 1.807) is 0 Å². The molecule has 0 aliphatic heterocycles. The minimum Gasteiger partial charge on any atom is -0.352 e. The molecule has 5 heteroatoms. The van der Waals surface area contributed by atoms with Gasteiger partial charge in [0, 0.05) is 12.7 Å². The van der Waals surface area contributed by atoms with E-state index in [0.717, 1.165) is 12.1 Å². The van der Waals surface area contributed by atoms with Gasteiger partial charge in [-0.1, -0.05) is 39.0 Å². The summed E-state index contributed by atoms with van der Waals surface area (Å²) in [6, 6.07) is 1.83. The Morgan fingerprint density at radius 2 is 1.68 bits per heavy atom. The van der Waals surface area contributed by atoms with Crippen molar-refractivity contribution in [1.29, 1.82) is 0 Å². The summed E-state index contributed by atoms with van der Waals surface area (Å²) < 4.78 is 50.4. The highest BCUT2D eigenvalue weighted by Gasteiger charge is 2.23. The first-order valence-electron chi connectivity index (χ1n) is 7.81. The number of benzene rings is 1. The predicted molar refractivity (Wildman–Crippen MR) is 77.8 cm³/mol. The van der Waals surface area contributed by atoms with Crippen LogP contribution in [0.3, 0.4) is 0 Å². The van der Waals surface area contributed by atoms with Crippen LogP contribution in [0.2, 0.25) is 0 Å². The van der Waals surface area contributed by atoms with Gasteiger partial charge in [-0.3, -0.25) is 0 Å². The molecular weight excluding hydrogens is 293 g/mol. The molecule has 0 N–H and O–H groups in total. The summed E-state index contributed by atoms with van der Waals surface area (Å²) in [4.78, 5) is 0. The van der Waals surface area contributed by atoms with Crippen LogP contribution in [-0.2, 0) is 9.47 Å². The molecule has 2 atom stereocenters. The lowest BCUT2D eigenvalue weighted by molar-refractivity contribution is -0.140. The minimum atomic E-state index is -1.48. The Hall–Kier alpha value is -1.07. The van der Waals surface area contributed by atoms with Gasteiger partial charge in [-0.2, -0.15) is 0 Å². The molecule has 2 rings (SSSR count). The quantitative estimate of drug-likeness (QED) is 0.544. The molecular formula is C17H23F3O2. The van der Waals surface area contributed by atoms with E-state index < -0.39 is 23.7 Å². The lowest BCUT2D eigenvalue weighted by Gasteiger charge is -2.28. The Morgan fingerprint density at radius 3 is 2.23 bits per heavy atom. The molecule has 1 aliphatic rings. The fourth-order valence-corrected chi connectivity index (χ4v) is 3.09. The van der Waals surface area contributed by atoms with Crippen LogP contribution in [0.1, 0.15) is 50.9 Å². The van der Waals surface area contributed by atoms with Gasteiger partial charge in [0.15, 0.2) is 23.7 Å². The van der Waals surface area contributed by atoms with Gasteiger partial charge < -0.3 is 9.47 Å². The van der Waals surface area contributed by atoms with Crippen LogP contribution in [0.15, 0.2) is 12.1 Å². The van der Waals surface area contributed by atoms with Crippen LogP contribution in [0.4, 0.5) is 13.2 Å². The van der Waals surface area contributed by atoms with Crippen molar-refractivity contribution in [3.8, 4) is 0 Å². The third-order valence-electron chi connectivity index (χ3n) is 4.46. The molecule has 0 spiro atoms. The lowest BCUT2D eigenvalue weighted by Crippen LogP contribution is -2.21. The van der Waals surface area contributed by atoms with Crippen LogP contribution in [0.5, 0.6) is 0 Å².